The summed E-state index contributed by atoms with van der Waals surface area (Å²) in [6, 6.07) is 5.88. The zero-order valence-corrected chi connectivity index (χ0v) is 15.9. The van der Waals surface area contributed by atoms with Crippen LogP contribution in [0.4, 0.5) is 0 Å². The summed E-state index contributed by atoms with van der Waals surface area (Å²) < 4.78 is 11.1. The Morgan fingerprint density at radius 1 is 1.25 bits per heavy atom. The molecule has 136 valence electrons. The molecule has 5 nitrogen and oxygen atoms in total. The average molecular weight is 375 g/mol. The first-order chi connectivity index (χ1) is 11.1. The third-order valence-corrected chi connectivity index (χ3v) is 5.15. The molecule has 7 heteroatoms. The maximum Gasteiger partial charge on any atom is 0.220 e. The quantitative estimate of drug-likeness (QED) is 0.684. The Bertz CT molecular complexity index is 539. The highest BCUT2D eigenvalue weighted by atomic mass is 35.5. The number of benzene rings is 1. The zero-order chi connectivity index (χ0) is 16.7. The van der Waals surface area contributed by atoms with E-state index >= 15 is 0 Å². The molecule has 0 atom stereocenters. The number of fused-ring (bicyclic) bond motifs is 1. The van der Waals surface area contributed by atoms with Gasteiger partial charge in [0, 0.05) is 29.2 Å². The van der Waals surface area contributed by atoms with Crippen LogP contribution >= 0.6 is 24.2 Å². The van der Waals surface area contributed by atoms with E-state index in [-0.39, 0.29) is 23.9 Å². The highest BCUT2D eigenvalue weighted by molar-refractivity contribution is 7.99. The molecule has 1 heterocycles. The molecule has 0 aliphatic carbocycles. The molecule has 3 N–H and O–H groups in total. The number of amides is 1. The van der Waals surface area contributed by atoms with Crippen LogP contribution in [0.25, 0.3) is 0 Å². The number of hydrogen-bond donors (Lipinski definition) is 2. The molecule has 0 unspecified atom stereocenters. The van der Waals surface area contributed by atoms with Crippen LogP contribution in [0.2, 0.25) is 0 Å². The van der Waals surface area contributed by atoms with E-state index in [9.17, 15) is 4.79 Å². The molecule has 1 aliphatic rings. The van der Waals surface area contributed by atoms with Gasteiger partial charge in [0.15, 0.2) is 11.5 Å². The van der Waals surface area contributed by atoms with Crippen LogP contribution in [0.3, 0.4) is 0 Å². The van der Waals surface area contributed by atoms with Crippen molar-refractivity contribution in [3.05, 3.63) is 18.2 Å². The highest BCUT2D eigenvalue weighted by Crippen LogP contribution is 2.34. The predicted molar refractivity (Wildman–Crippen MR) is 101 cm³/mol. The molecule has 0 bridgehead atoms. The van der Waals surface area contributed by atoms with E-state index in [1.54, 1.807) is 11.8 Å². The molecule has 24 heavy (non-hydrogen) atoms. The van der Waals surface area contributed by atoms with Crippen molar-refractivity contribution in [2.75, 3.05) is 25.5 Å². The Balaban J connectivity index is 0.00000288. The topological polar surface area (TPSA) is 73.6 Å². The van der Waals surface area contributed by atoms with Crippen molar-refractivity contribution in [2.45, 2.75) is 43.5 Å². The Labute approximate surface area is 154 Å². The second kappa shape index (κ2) is 10.0. The van der Waals surface area contributed by atoms with E-state index in [0.29, 0.717) is 26.2 Å². The Kier molecular flexibility index (Phi) is 8.73. The molecule has 1 amide bonds. The normalized spacial score (nSPS) is 13.1. The first-order valence-corrected chi connectivity index (χ1v) is 9.13. The molecular formula is C17H27ClN2O3S. The lowest BCUT2D eigenvalue weighted by Gasteiger charge is -2.26. The number of thioether (sulfide) groups is 1. The Morgan fingerprint density at radius 3 is 2.58 bits per heavy atom. The molecule has 0 saturated heterocycles. The largest absolute Gasteiger partial charge is 0.486 e. The number of carbonyl (C=O) groups is 1. The van der Waals surface area contributed by atoms with Crippen LogP contribution in [0.15, 0.2) is 23.1 Å². The fourth-order valence-electron chi connectivity index (χ4n) is 2.24. The van der Waals surface area contributed by atoms with Crippen LogP contribution in [-0.4, -0.2) is 37.0 Å². The number of carbonyl (C=O) groups excluding carboxylic acids is 1. The first-order valence-electron chi connectivity index (χ1n) is 8.14. The molecule has 1 aromatic carbocycles. The minimum atomic E-state index is -0.293. The Hall–Kier alpha value is -1.11. The van der Waals surface area contributed by atoms with Crippen LogP contribution < -0.4 is 20.5 Å². The monoisotopic (exact) mass is 374 g/mol. The highest BCUT2D eigenvalue weighted by Gasteiger charge is 2.20. The zero-order valence-electron chi connectivity index (χ0n) is 14.3. The van der Waals surface area contributed by atoms with Crippen LogP contribution in [-0.2, 0) is 4.79 Å². The second-order valence-electron chi connectivity index (χ2n) is 5.75. The van der Waals surface area contributed by atoms with Crippen molar-refractivity contribution in [3.63, 3.8) is 0 Å². The van der Waals surface area contributed by atoms with Gasteiger partial charge >= 0.3 is 0 Å². The number of nitrogens with one attached hydrogen (secondary N) is 1. The van der Waals surface area contributed by atoms with Gasteiger partial charge in [0.25, 0.3) is 0 Å². The summed E-state index contributed by atoms with van der Waals surface area (Å²) in [5.41, 5.74) is 5.89. The first kappa shape index (κ1) is 20.9. The Morgan fingerprint density at radius 2 is 1.92 bits per heavy atom. The second-order valence-corrected chi connectivity index (χ2v) is 6.92. The van der Waals surface area contributed by atoms with Crippen LogP contribution in [0, 0.1) is 0 Å². The van der Waals surface area contributed by atoms with Crippen molar-refractivity contribution in [2.24, 2.45) is 5.73 Å². The van der Waals surface area contributed by atoms with Gasteiger partial charge in [-0.05, 0) is 31.0 Å². The van der Waals surface area contributed by atoms with Gasteiger partial charge in [-0.1, -0.05) is 13.8 Å². The summed E-state index contributed by atoms with van der Waals surface area (Å²) in [6.07, 6.45) is 2.19. The van der Waals surface area contributed by atoms with Gasteiger partial charge in [0.05, 0.1) is 0 Å². The van der Waals surface area contributed by atoms with Crippen molar-refractivity contribution in [1.29, 1.82) is 0 Å². The van der Waals surface area contributed by atoms with Crippen LogP contribution in [0.1, 0.15) is 33.1 Å². The average Bonchev–Trinajstić information content (AvgIpc) is 2.59. The van der Waals surface area contributed by atoms with E-state index in [2.05, 4.69) is 5.32 Å². The third kappa shape index (κ3) is 6.07. The molecule has 0 fully saturated rings. The van der Waals surface area contributed by atoms with E-state index in [1.807, 2.05) is 32.0 Å². The van der Waals surface area contributed by atoms with E-state index in [1.165, 1.54) is 0 Å². The fraction of sp³-hybridized carbons (Fsp3) is 0.588. The van der Waals surface area contributed by atoms with Gasteiger partial charge in [-0.3, -0.25) is 4.79 Å². The summed E-state index contributed by atoms with van der Waals surface area (Å²) >= 11 is 1.64. The van der Waals surface area contributed by atoms with Crippen molar-refractivity contribution in [1.82, 2.24) is 5.32 Å². The molecule has 1 aromatic rings. The smallest absolute Gasteiger partial charge is 0.220 e. The van der Waals surface area contributed by atoms with Gasteiger partial charge in [-0.15, -0.1) is 24.2 Å². The number of nitrogens with two attached hydrogens (primary N) is 1. The SMILES string of the molecule is CCC(N)(CC)CNC(=O)CCSc1ccc2c(c1)OCCO2.Cl. The number of ether oxygens (including phenoxy) is 2. The molecule has 1 aliphatic heterocycles. The predicted octanol–water partition coefficient (Wildman–Crippen LogP) is 3.00. The lowest BCUT2D eigenvalue weighted by Crippen LogP contribution is -2.49. The van der Waals surface area contributed by atoms with E-state index in [0.717, 1.165) is 35.0 Å². The summed E-state index contributed by atoms with van der Waals surface area (Å²) in [4.78, 5) is 13.0. The van der Waals surface area contributed by atoms with Gasteiger partial charge in [-0.2, -0.15) is 0 Å². The maximum absolute atomic E-state index is 11.9. The van der Waals surface area contributed by atoms with Crippen molar-refractivity contribution < 1.29 is 14.3 Å². The molecule has 0 spiro atoms. The fourth-order valence-corrected chi connectivity index (χ4v) is 3.12. The minimum absolute atomic E-state index is 0. The molecular weight excluding hydrogens is 348 g/mol. The summed E-state index contributed by atoms with van der Waals surface area (Å²) in [5.74, 6) is 2.34. The maximum atomic E-state index is 11.9. The van der Waals surface area contributed by atoms with Crippen molar-refractivity contribution in [3.8, 4) is 11.5 Å². The molecule has 2 rings (SSSR count). The van der Waals surface area contributed by atoms with Gasteiger partial charge in [0.2, 0.25) is 5.91 Å². The third-order valence-electron chi connectivity index (χ3n) is 4.16. The summed E-state index contributed by atoms with van der Waals surface area (Å²) in [6.45, 7) is 5.81. The molecule has 0 radical (unpaired) electrons. The summed E-state index contributed by atoms with van der Waals surface area (Å²) in [7, 11) is 0. The standard InChI is InChI=1S/C17H26N2O3S.ClH/c1-3-17(18,4-2)12-19-16(20)7-10-23-13-5-6-14-15(11-13)22-9-8-21-14;/h5-6,11H,3-4,7-10,12,18H2,1-2H3,(H,19,20);1H. The number of halogens is 1. The minimum Gasteiger partial charge on any atom is -0.486 e. The van der Waals surface area contributed by atoms with Crippen LogP contribution in [0.5, 0.6) is 11.5 Å². The number of rotatable bonds is 8. The van der Waals surface area contributed by atoms with Crippen molar-refractivity contribution >= 4 is 30.1 Å². The molecule has 0 saturated carbocycles. The van der Waals surface area contributed by atoms with E-state index in [4.69, 9.17) is 15.2 Å². The molecule has 0 aromatic heterocycles. The van der Waals surface area contributed by atoms with Gasteiger partial charge < -0.3 is 20.5 Å². The van der Waals surface area contributed by atoms with E-state index < -0.39 is 0 Å². The number of hydrogen-bond acceptors (Lipinski definition) is 5. The van der Waals surface area contributed by atoms with Gasteiger partial charge in [-0.25, -0.2) is 0 Å². The summed E-state index contributed by atoms with van der Waals surface area (Å²) in [5, 5.41) is 2.94. The van der Waals surface area contributed by atoms with Gasteiger partial charge in [0.1, 0.15) is 13.2 Å². The lowest BCUT2D eigenvalue weighted by molar-refractivity contribution is -0.120. The lowest BCUT2D eigenvalue weighted by atomic mass is 9.94.